The highest BCUT2D eigenvalue weighted by atomic mass is 32.1. The number of hydrogen-bond donors (Lipinski definition) is 0. The van der Waals surface area contributed by atoms with Crippen LogP contribution in [0.25, 0.3) is 0 Å². The number of rotatable bonds is 3. The van der Waals surface area contributed by atoms with Gasteiger partial charge in [-0.05, 0) is 19.9 Å². The molecular formula is C15H15NO3S. The van der Waals surface area contributed by atoms with Crippen LogP contribution in [0.15, 0.2) is 24.3 Å². The summed E-state index contributed by atoms with van der Waals surface area (Å²) in [5, 5.41) is 0.913. The van der Waals surface area contributed by atoms with Gasteiger partial charge in [0.25, 0.3) is 0 Å². The molecule has 1 aromatic carbocycles. The van der Waals surface area contributed by atoms with Crippen LogP contribution in [0.3, 0.4) is 0 Å². The van der Waals surface area contributed by atoms with Crippen molar-refractivity contribution in [3.63, 3.8) is 0 Å². The third-order valence-electron chi connectivity index (χ3n) is 3.28. The molecule has 0 radical (unpaired) electrons. The van der Waals surface area contributed by atoms with Crippen molar-refractivity contribution in [1.82, 2.24) is 4.98 Å². The Morgan fingerprint density at radius 2 is 2.30 bits per heavy atom. The Balaban J connectivity index is 1.93. The Kier molecular flexibility index (Phi) is 3.44. The first-order chi connectivity index (χ1) is 9.70. The lowest BCUT2D eigenvalue weighted by Gasteiger charge is -2.03. The van der Waals surface area contributed by atoms with Crippen molar-refractivity contribution in [2.24, 2.45) is 0 Å². The third kappa shape index (κ3) is 2.18. The van der Waals surface area contributed by atoms with E-state index in [-0.39, 0.29) is 11.9 Å². The maximum atomic E-state index is 11.8. The molecule has 0 spiro atoms. The Labute approximate surface area is 121 Å². The second-order valence-electron chi connectivity index (χ2n) is 4.58. The lowest BCUT2D eigenvalue weighted by Crippen LogP contribution is -2.08. The summed E-state index contributed by atoms with van der Waals surface area (Å²) in [7, 11) is 0. The summed E-state index contributed by atoms with van der Waals surface area (Å²) in [6.07, 6.45) is 0. The monoisotopic (exact) mass is 289 g/mol. The molecule has 1 aliphatic rings. The van der Waals surface area contributed by atoms with Gasteiger partial charge in [0.1, 0.15) is 17.4 Å². The van der Waals surface area contributed by atoms with Gasteiger partial charge < -0.3 is 9.47 Å². The smallest absolute Gasteiger partial charge is 0.358 e. The first-order valence-corrected chi connectivity index (χ1v) is 7.38. The van der Waals surface area contributed by atoms with Gasteiger partial charge in [0, 0.05) is 10.4 Å². The second-order valence-corrected chi connectivity index (χ2v) is 5.81. The summed E-state index contributed by atoms with van der Waals surface area (Å²) in [5.41, 5.74) is 1.56. The zero-order valence-corrected chi connectivity index (χ0v) is 12.2. The molecule has 1 atom stereocenters. The molecule has 0 fully saturated rings. The van der Waals surface area contributed by atoms with E-state index in [4.69, 9.17) is 9.47 Å². The van der Waals surface area contributed by atoms with Crippen LogP contribution in [-0.4, -0.2) is 24.2 Å². The number of aromatic nitrogens is 1. The fourth-order valence-electron chi connectivity index (χ4n) is 2.32. The van der Waals surface area contributed by atoms with E-state index in [0.717, 1.165) is 21.2 Å². The standard InChI is InChI=1S/C15H15NO3S/c1-3-18-15(17)13-9(2)20-14(16-13)11-8-19-12-7-5-4-6-10(11)12/h4-7,11H,3,8H2,1-2H3. The molecule has 1 aliphatic heterocycles. The number of hydrogen-bond acceptors (Lipinski definition) is 5. The van der Waals surface area contributed by atoms with Gasteiger partial charge in [0.15, 0.2) is 5.69 Å². The summed E-state index contributed by atoms with van der Waals surface area (Å²) >= 11 is 1.54. The van der Waals surface area contributed by atoms with Crippen molar-refractivity contribution in [3.8, 4) is 5.75 Å². The number of aryl methyl sites for hydroxylation is 1. The largest absolute Gasteiger partial charge is 0.492 e. The molecule has 0 N–H and O–H groups in total. The van der Waals surface area contributed by atoms with E-state index >= 15 is 0 Å². The van der Waals surface area contributed by atoms with Crippen LogP contribution in [0.4, 0.5) is 0 Å². The van der Waals surface area contributed by atoms with Crippen molar-refractivity contribution < 1.29 is 14.3 Å². The van der Waals surface area contributed by atoms with Gasteiger partial charge >= 0.3 is 5.97 Å². The van der Waals surface area contributed by atoms with Crippen LogP contribution in [0.2, 0.25) is 0 Å². The normalized spacial score (nSPS) is 16.6. The number of esters is 1. The van der Waals surface area contributed by atoms with Crippen molar-refractivity contribution in [2.45, 2.75) is 19.8 Å². The lowest BCUT2D eigenvalue weighted by molar-refractivity contribution is 0.0519. The van der Waals surface area contributed by atoms with Gasteiger partial charge in [-0.3, -0.25) is 0 Å². The zero-order valence-electron chi connectivity index (χ0n) is 11.4. The Morgan fingerprint density at radius 3 is 3.10 bits per heavy atom. The van der Waals surface area contributed by atoms with Gasteiger partial charge in [-0.25, -0.2) is 9.78 Å². The molecule has 0 saturated carbocycles. The molecule has 1 unspecified atom stereocenters. The molecule has 0 aliphatic carbocycles. The van der Waals surface area contributed by atoms with E-state index in [1.807, 2.05) is 31.2 Å². The fourth-order valence-corrected chi connectivity index (χ4v) is 3.34. The van der Waals surface area contributed by atoms with Crippen LogP contribution in [0.1, 0.15) is 38.8 Å². The molecule has 0 bridgehead atoms. The van der Waals surface area contributed by atoms with Gasteiger partial charge in [-0.15, -0.1) is 11.3 Å². The summed E-state index contributed by atoms with van der Waals surface area (Å²) < 4.78 is 10.7. The second kappa shape index (κ2) is 5.25. The molecule has 2 aromatic rings. The van der Waals surface area contributed by atoms with Gasteiger partial charge in [-0.2, -0.15) is 0 Å². The van der Waals surface area contributed by atoms with E-state index in [1.165, 1.54) is 11.3 Å². The topological polar surface area (TPSA) is 48.4 Å². The Hall–Kier alpha value is -1.88. The molecular weight excluding hydrogens is 274 g/mol. The van der Waals surface area contributed by atoms with E-state index in [1.54, 1.807) is 6.92 Å². The number of fused-ring (bicyclic) bond motifs is 1. The minimum Gasteiger partial charge on any atom is -0.492 e. The number of benzene rings is 1. The highest BCUT2D eigenvalue weighted by Crippen LogP contribution is 2.39. The first-order valence-electron chi connectivity index (χ1n) is 6.57. The molecule has 104 valence electrons. The van der Waals surface area contributed by atoms with E-state index in [0.29, 0.717) is 18.9 Å². The molecule has 1 aromatic heterocycles. The van der Waals surface area contributed by atoms with Crippen LogP contribution in [0, 0.1) is 6.92 Å². The number of para-hydroxylation sites is 1. The zero-order chi connectivity index (χ0) is 14.1. The highest BCUT2D eigenvalue weighted by molar-refractivity contribution is 7.12. The van der Waals surface area contributed by atoms with Crippen molar-refractivity contribution in [2.75, 3.05) is 13.2 Å². The summed E-state index contributed by atoms with van der Waals surface area (Å²) in [6.45, 7) is 4.63. The first kappa shape index (κ1) is 13.1. The summed E-state index contributed by atoms with van der Waals surface area (Å²) in [6, 6.07) is 7.96. The minimum absolute atomic E-state index is 0.109. The van der Waals surface area contributed by atoms with Crippen molar-refractivity contribution in [3.05, 3.63) is 45.4 Å². The number of carbonyl (C=O) groups excluding carboxylic acids is 1. The Bertz CT molecular complexity index is 650. The molecule has 2 heterocycles. The van der Waals surface area contributed by atoms with Crippen molar-refractivity contribution in [1.29, 1.82) is 0 Å². The van der Waals surface area contributed by atoms with Gasteiger partial charge in [0.2, 0.25) is 0 Å². The maximum absolute atomic E-state index is 11.8. The molecule has 4 nitrogen and oxygen atoms in total. The minimum atomic E-state index is -0.347. The molecule has 3 rings (SSSR count). The van der Waals surface area contributed by atoms with E-state index in [2.05, 4.69) is 4.98 Å². The maximum Gasteiger partial charge on any atom is 0.358 e. The number of carbonyl (C=O) groups is 1. The quantitative estimate of drug-likeness (QED) is 0.814. The van der Waals surface area contributed by atoms with Crippen LogP contribution in [-0.2, 0) is 4.74 Å². The lowest BCUT2D eigenvalue weighted by atomic mass is 10.0. The van der Waals surface area contributed by atoms with Crippen LogP contribution >= 0.6 is 11.3 Å². The Morgan fingerprint density at radius 1 is 1.50 bits per heavy atom. The van der Waals surface area contributed by atoms with Crippen molar-refractivity contribution >= 4 is 17.3 Å². The molecule has 20 heavy (non-hydrogen) atoms. The third-order valence-corrected chi connectivity index (χ3v) is 4.36. The molecule has 5 heteroatoms. The van der Waals surface area contributed by atoms with E-state index < -0.39 is 0 Å². The number of ether oxygens (including phenoxy) is 2. The number of thiazole rings is 1. The SMILES string of the molecule is CCOC(=O)c1nc(C2COc3ccccc32)sc1C. The summed E-state index contributed by atoms with van der Waals surface area (Å²) in [5.74, 6) is 0.667. The van der Waals surface area contributed by atoms with Crippen LogP contribution < -0.4 is 4.74 Å². The average molecular weight is 289 g/mol. The van der Waals surface area contributed by atoms with Gasteiger partial charge in [0.05, 0.1) is 12.5 Å². The number of nitrogens with zero attached hydrogens (tertiary/aromatic N) is 1. The van der Waals surface area contributed by atoms with E-state index in [9.17, 15) is 4.79 Å². The average Bonchev–Trinajstić information content (AvgIpc) is 3.02. The molecule has 0 saturated heterocycles. The fraction of sp³-hybridized carbons (Fsp3) is 0.333. The highest BCUT2D eigenvalue weighted by Gasteiger charge is 2.29. The van der Waals surface area contributed by atoms with Crippen LogP contribution in [0.5, 0.6) is 5.75 Å². The summed E-state index contributed by atoms with van der Waals surface area (Å²) in [4.78, 5) is 17.2. The molecule has 0 amide bonds. The van der Waals surface area contributed by atoms with Gasteiger partial charge in [-0.1, -0.05) is 18.2 Å². The predicted octanol–water partition coefficient (Wildman–Crippen LogP) is 3.15. The predicted molar refractivity (Wildman–Crippen MR) is 76.6 cm³/mol.